The number of halogens is 2. The lowest BCUT2D eigenvalue weighted by molar-refractivity contribution is -0.162. The standard InChI is InChI=1S/C13H14Cl2N2O4/c1-7(21-13(19)10-3-2-4-20-10)12(18)17-11-9(15)5-8(14)6-16-11/h5-7,10H,2-4H2,1H3,(H,16,17,18)/t7-,10+/m1/s1. The molecular formula is C13H14Cl2N2O4. The maximum atomic E-state index is 11.9. The molecule has 1 aliphatic heterocycles. The Labute approximate surface area is 131 Å². The van der Waals surface area contributed by atoms with Crippen molar-refractivity contribution in [3.8, 4) is 0 Å². The van der Waals surface area contributed by atoms with Crippen LogP contribution in [0.3, 0.4) is 0 Å². The van der Waals surface area contributed by atoms with Gasteiger partial charge in [0.1, 0.15) is 0 Å². The van der Waals surface area contributed by atoms with Crippen LogP contribution < -0.4 is 5.32 Å². The van der Waals surface area contributed by atoms with Crippen molar-refractivity contribution in [2.24, 2.45) is 0 Å². The number of hydrogen-bond donors (Lipinski definition) is 1. The number of nitrogens with zero attached hydrogens (tertiary/aromatic N) is 1. The van der Waals surface area contributed by atoms with Crippen molar-refractivity contribution < 1.29 is 19.1 Å². The van der Waals surface area contributed by atoms with Crippen molar-refractivity contribution in [3.05, 3.63) is 22.3 Å². The smallest absolute Gasteiger partial charge is 0.336 e. The quantitative estimate of drug-likeness (QED) is 0.857. The molecule has 1 amide bonds. The molecule has 21 heavy (non-hydrogen) atoms. The van der Waals surface area contributed by atoms with Gasteiger partial charge >= 0.3 is 5.97 Å². The number of esters is 1. The molecule has 2 heterocycles. The summed E-state index contributed by atoms with van der Waals surface area (Å²) in [5, 5.41) is 3.03. The van der Waals surface area contributed by atoms with Crippen LogP contribution in [0, 0.1) is 0 Å². The van der Waals surface area contributed by atoms with Crippen LogP contribution in [0.4, 0.5) is 5.82 Å². The number of hydrogen-bond acceptors (Lipinski definition) is 5. The Kier molecular flexibility index (Phi) is 5.39. The van der Waals surface area contributed by atoms with E-state index >= 15 is 0 Å². The van der Waals surface area contributed by atoms with Gasteiger partial charge in [0, 0.05) is 12.8 Å². The average Bonchev–Trinajstić information content (AvgIpc) is 2.95. The van der Waals surface area contributed by atoms with E-state index in [1.165, 1.54) is 19.2 Å². The lowest BCUT2D eigenvalue weighted by atomic mass is 10.2. The summed E-state index contributed by atoms with van der Waals surface area (Å²) < 4.78 is 10.3. The fourth-order valence-corrected chi connectivity index (χ4v) is 2.22. The molecular weight excluding hydrogens is 319 g/mol. The van der Waals surface area contributed by atoms with Crippen molar-refractivity contribution in [2.75, 3.05) is 11.9 Å². The van der Waals surface area contributed by atoms with Gasteiger partial charge in [0.15, 0.2) is 18.0 Å². The molecule has 0 radical (unpaired) electrons. The molecule has 0 unspecified atom stereocenters. The third-order valence-electron chi connectivity index (χ3n) is 2.90. The molecule has 0 bridgehead atoms. The van der Waals surface area contributed by atoms with Gasteiger partial charge in [0.2, 0.25) is 0 Å². The average molecular weight is 333 g/mol. The maximum absolute atomic E-state index is 11.9. The SMILES string of the molecule is C[C@@H](OC(=O)[C@@H]1CCCO1)C(=O)Nc1ncc(Cl)cc1Cl. The monoisotopic (exact) mass is 332 g/mol. The highest BCUT2D eigenvalue weighted by Crippen LogP contribution is 2.22. The summed E-state index contributed by atoms with van der Waals surface area (Å²) in [6.45, 7) is 2.00. The molecule has 2 atom stereocenters. The molecule has 114 valence electrons. The minimum atomic E-state index is -0.977. The van der Waals surface area contributed by atoms with Crippen molar-refractivity contribution in [1.82, 2.24) is 4.98 Å². The fourth-order valence-electron chi connectivity index (χ4n) is 1.79. The van der Waals surface area contributed by atoms with Crippen LogP contribution in [0.15, 0.2) is 12.3 Å². The minimum Gasteiger partial charge on any atom is -0.451 e. The fraction of sp³-hybridized carbons (Fsp3) is 0.462. The molecule has 0 aromatic carbocycles. The molecule has 6 nitrogen and oxygen atoms in total. The minimum absolute atomic E-state index is 0.158. The number of carbonyl (C=O) groups excluding carboxylic acids is 2. The largest absolute Gasteiger partial charge is 0.451 e. The number of ether oxygens (including phenoxy) is 2. The van der Waals surface area contributed by atoms with Crippen molar-refractivity contribution in [3.63, 3.8) is 0 Å². The summed E-state index contributed by atoms with van der Waals surface area (Å²) in [5.74, 6) is -0.908. The second-order valence-corrected chi connectivity index (χ2v) is 5.40. The summed E-state index contributed by atoms with van der Waals surface area (Å²) in [6, 6.07) is 1.45. The molecule has 1 N–H and O–H groups in total. The lowest BCUT2D eigenvalue weighted by Gasteiger charge is -2.16. The van der Waals surface area contributed by atoms with E-state index in [9.17, 15) is 9.59 Å². The van der Waals surface area contributed by atoms with Gasteiger partial charge in [-0.3, -0.25) is 4.79 Å². The van der Waals surface area contributed by atoms with Crippen LogP contribution in [0.25, 0.3) is 0 Å². The number of rotatable bonds is 4. The number of carbonyl (C=O) groups is 2. The Morgan fingerprint density at radius 1 is 1.52 bits per heavy atom. The topological polar surface area (TPSA) is 77.5 Å². The Hall–Kier alpha value is -1.37. The summed E-state index contributed by atoms with van der Waals surface area (Å²) in [4.78, 5) is 27.6. The number of nitrogens with one attached hydrogen (secondary N) is 1. The van der Waals surface area contributed by atoms with E-state index in [2.05, 4.69) is 10.3 Å². The van der Waals surface area contributed by atoms with Gasteiger partial charge in [-0.25, -0.2) is 9.78 Å². The predicted octanol–water partition coefficient (Wildman–Crippen LogP) is 2.44. The summed E-state index contributed by atoms with van der Waals surface area (Å²) in [7, 11) is 0. The van der Waals surface area contributed by atoms with Gasteiger partial charge in [-0.05, 0) is 25.8 Å². The zero-order valence-corrected chi connectivity index (χ0v) is 12.8. The summed E-state index contributed by atoms with van der Waals surface area (Å²) in [5.41, 5.74) is 0. The normalized spacial score (nSPS) is 19.1. The number of amides is 1. The van der Waals surface area contributed by atoms with Gasteiger partial charge in [-0.2, -0.15) is 0 Å². The van der Waals surface area contributed by atoms with E-state index in [1.54, 1.807) is 0 Å². The van der Waals surface area contributed by atoms with E-state index in [0.717, 1.165) is 6.42 Å². The molecule has 2 rings (SSSR count). The Bertz CT molecular complexity index is 547. The van der Waals surface area contributed by atoms with Crippen LogP contribution >= 0.6 is 23.2 Å². The van der Waals surface area contributed by atoms with Crippen LogP contribution in [0.1, 0.15) is 19.8 Å². The molecule has 1 aromatic rings. The molecule has 0 aliphatic carbocycles. The first-order valence-electron chi connectivity index (χ1n) is 6.41. The van der Waals surface area contributed by atoms with E-state index in [-0.39, 0.29) is 10.8 Å². The first-order chi connectivity index (χ1) is 9.97. The van der Waals surface area contributed by atoms with Crippen LogP contribution in [-0.4, -0.2) is 35.7 Å². The highest BCUT2D eigenvalue weighted by molar-refractivity contribution is 6.36. The molecule has 8 heteroatoms. The van der Waals surface area contributed by atoms with Crippen molar-refractivity contribution in [1.29, 1.82) is 0 Å². The molecule has 1 saturated heterocycles. The zero-order valence-electron chi connectivity index (χ0n) is 11.3. The number of pyridine rings is 1. The van der Waals surface area contributed by atoms with Crippen molar-refractivity contribution >= 4 is 40.9 Å². The first kappa shape index (κ1) is 16.0. The van der Waals surface area contributed by atoms with E-state index in [1.807, 2.05) is 0 Å². The first-order valence-corrected chi connectivity index (χ1v) is 7.17. The predicted molar refractivity (Wildman–Crippen MR) is 77.4 cm³/mol. The zero-order chi connectivity index (χ0) is 15.4. The van der Waals surface area contributed by atoms with Crippen LogP contribution in [-0.2, 0) is 19.1 Å². The Morgan fingerprint density at radius 2 is 2.29 bits per heavy atom. The third-order valence-corrected chi connectivity index (χ3v) is 3.40. The Morgan fingerprint density at radius 3 is 2.90 bits per heavy atom. The van der Waals surface area contributed by atoms with E-state index < -0.39 is 24.1 Å². The molecule has 1 aromatic heterocycles. The van der Waals surface area contributed by atoms with Crippen molar-refractivity contribution in [2.45, 2.75) is 32.0 Å². The van der Waals surface area contributed by atoms with Gasteiger partial charge < -0.3 is 14.8 Å². The third kappa shape index (κ3) is 4.30. The van der Waals surface area contributed by atoms with E-state index in [0.29, 0.717) is 18.1 Å². The van der Waals surface area contributed by atoms with Crippen LogP contribution in [0.2, 0.25) is 10.0 Å². The second-order valence-electron chi connectivity index (χ2n) is 4.55. The highest BCUT2D eigenvalue weighted by Gasteiger charge is 2.28. The van der Waals surface area contributed by atoms with E-state index in [4.69, 9.17) is 32.7 Å². The summed E-state index contributed by atoms with van der Waals surface area (Å²) >= 11 is 11.6. The number of aromatic nitrogens is 1. The number of anilines is 1. The van der Waals surface area contributed by atoms with Gasteiger partial charge in [-0.15, -0.1) is 0 Å². The van der Waals surface area contributed by atoms with Gasteiger partial charge in [0.05, 0.1) is 10.0 Å². The molecule has 1 aliphatic rings. The second kappa shape index (κ2) is 7.06. The lowest BCUT2D eigenvalue weighted by Crippen LogP contribution is -2.34. The van der Waals surface area contributed by atoms with Gasteiger partial charge in [-0.1, -0.05) is 23.2 Å². The van der Waals surface area contributed by atoms with Crippen LogP contribution in [0.5, 0.6) is 0 Å². The van der Waals surface area contributed by atoms with Gasteiger partial charge in [0.25, 0.3) is 5.91 Å². The Balaban J connectivity index is 1.91. The molecule has 0 saturated carbocycles. The highest BCUT2D eigenvalue weighted by atomic mass is 35.5. The summed E-state index contributed by atoms with van der Waals surface area (Å²) in [6.07, 6.45) is 1.21. The maximum Gasteiger partial charge on any atom is 0.336 e. The molecule has 0 spiro atoms. The molecule has 1 fully saturated rings.